The minimum Gasteiger partial charge on any atom is -0.493 e. The number of nitrogens with zero attached hydrogens (tertiary/aromatic N) is 2. The molecule has 0 spiro atoms. The van der Waals surface area contributed by atoms with Crippen LogP contribution >= 0.6 is 0 Å². The summed E-state index contributed by atoms with van der Waals surface area (Å²) in [6, 6.07) is 7.01. The van der Waals surface area contributed by atoms with E-state index in [0.717, 1.165) is 5.56 Å². The number of aromatic nitrogens is 2. The second-order valence-electron chi connectivity index (χ2n) is 4.00. The Balaban J connectivity index is 2.27. The van der Waals surface area contributed by atoms with Crippen molar-refractivity contribution in [3.63, 3.8) is 0 Å². The fraction of sp³-hybridized carbons (Fsp3) is 0.385. The summed E-state index contributed by atoms with van der Waals surface area (Å²) < 4.78 is 10.6. The van der Waals surface area contributed by atoms with Gasteiger partial charge in [0.2, 0.25) is 11.7 Å². The van der Waals surface area contributed by atoms with E-state index in [1.165, 1.54) is 0 Å². The van der Waals surface area contributed by atoms with Gasteiger partial charge in [-0.1, -0.05) is 17.3 Å². The molecule has 0 radical (unpaired) electrons. The molecule has 19 heavy (non-hydrogen) atoms. The van der Waals surface area contributed by atoms with Crippen molar-refractivity contribution < 1.29 is 14.4 Å². The summed E-state index contributed by atoms with van der Waals surface area (Å²) in [5.41, 5.74) is 6.57. The number of ether oxygens (including phenoxy) is 1. The fourth-order valence-electron chi connectivity index (χ4n) is 1.69. The van der Waals surface area contributed by atoms with Gasteiger partial charge in [0, 0.05) is 6.61 Å². The van der Waals surface area contributed by atoms with E-state index in [1.54, 1.807) is 0 Å². The summed E-state index contributed by atoms with van der Waals surface area (Å²) in [6.45, 7) is 2.45. The normalized spacial score (nSPS) is 12.4. The smallest absolute Gasteiger partial charge is 0.243 e. The van der Waals surface area contributed by atoms with Crippen LogP contribution in [0.1, 0.15) is 25.3 Å². The largest absolute Gasteiger partial charge is 0.493 e. The number of aliphatic hydroxyl groups is 1. The van der Waals surface area contributed by atoms with Crippen LogP contribution in [0, 0.1) is 0 Å². The first-order chi connectivity index (χ1) is 9.26. The molecule has 0 aliphatic rings. The summed E-state index contributed by atoms with van der Waals surface area (Å²) >= 11 is 0. The lowest BCUT2D eigenvalue weighted by molar-refractivity contribution is 0.259. The number of para-hydroxylation sites is 1. The molecular formula is C13H17N3O3. The van der Waals surface area contributed by atoms with Gasteiger partial charge in [0.25, 0.3) is 0 Å². The molecule has 1 unspecified atom stereocenters. The topological polar surface area (TPSA) is 94.4 Å². The maximum Gasteiger partial charge on any atom is 0.243 e. The first-order valence-corrected chi connectivity index (χ1v) is 6.18. The van der Waals surface area contributed by atoms with Gasteiger partial charge < -0.3 is 20.1 Å². The maximum atomic E-state index is 8.85. The van der Waals surface area contributed by atoms with Gasteiger partial charge in [0.05, 0.1) is 18.2 Å². The Labute approximate surface area is 111 Å². The van der Waals surface area contributed by atoms with E-state index >= 15 is 0 Å². The first kappa shape index (κ1) is 13.5. The van der Waals surface area contributed by atoms with E-state index < -0.39 is 6.04 Å². The van der Waals surface area contributed by atoms with Gasteiger partial charge in [-0.3, -0.25) is 0 Å². The number of aliphatic hydroxyl groups excluding tert-OH is 1. The summed E-state index contributed by atoms with van der Waals surface area (Å²) in [5, 5.41) is 12.8. The summed E-state index contributed by atoms with van der Waals surface area (Å²) in [7, 11) is 0. The highest BCUT2D eigenvalue weighted by Gasteiger charge is 2.17. The van der Waals surface area contributed by atoms with Crippen LogP contribution in [0.5, 0.6) is 5.75 Å². The molecule has 3 N–H and O–H groups in total. The molecule has 1 atom stereocenters. The Kier molecular flexibility index (Phi) is 4.48. The van der Waals surface area contributed by atoms with Crippen LogP contribution in [0.2, 0.25) is 0 Å². The molecule has 0 saturated heterocycles. The molecule has 0 saturated carbocycles. The molecule has 0 aliphatic carbocycles. The van der Waals surface area contributed by atoms with Crippen LogP contribution in [0.15, 0.2) is 28.8 Å². The van der Waals surface area contributed by atoms with E-state index in [9.17, 15) is 0 Å². The highest BCUT2D eigenvalue weighted by atomic mass is 16.5. The second-order valence-corrected chi connectivity index (χ2v) is 4.00. The molecular weight excluding hydrogens is 246 g/mol. The monoisotopic (exact) mass is 263 g/mol. The average molecular weight is 263 g/mol. The molecule has 6 heteroatoms. The van der Waals surface area contributed by atoms with Gasteiger partial charge in [-0.2, -0.15) is 4.98 Å². The van der Waals surface area contributed by atoms with Crippen molar-refractivity contribution in [2.75, 3.05) is 13.2 Å². The Bertz CT molecular complexity index is 527. The molecule has 0 bridgehead atoms. The first-order valence-electron chi connectivity index (χ1n) is 6.18. The quantitative estimate of drug-likeness (QED) is 0.820. The molecule has 2 aromatic rings. The van der Waals surface area contributed by atoms with Crippen LogP contribution < -0.4 is 10.5 Å². The Hall–Kier alpha value is -1.92. The van der Waals surface area contributed by atoms with Crippen LogP contribution in [0.3, 0.4) is 0 Å². The molecule has 2 rings (SSSR count). The standard InChI is InChI=1S/C13H17N3O3/c1-2-18-11-6-4-3-5-9(11)12-15-13(19-16-12)10(14)7-8-17/h3-6,10,17H,2,7-8,14H2,1H3. The highest BCUT2D eigenvalue weighted by molar-refractivity contribution is 5.63. The summed E-state index contributed by atoms with van der Waals surface area (Å²) in [6.07, 6.45) is 0.384. The van der Waals surface area contributed by atoms with Crippen molar-refractivity contribution in [1.82, 2.24) is 10.1 Å². The number of nitrogens with two attached hydrogens (primary N) is 1. The Morgan fingerprint density at radius 1 is 1.42 bits per heavy atom. The third kappa shape index (κ3) is 3.10. The predicted molar refractivity (Wildman–Crippen MR) is 69.5 cm³/mol. The molecule has 1 aromatic carbocycles. The highest BCUT2D eigenvalue weighted by Crippen LogP contribution is 2.28. The second kappa shape index (κ2) is 6.31. The minimum absolute atomic E-state index is 0.0194. The van der Waals surface area contributed by atoms with E-state index in [0.29, 0.717) is 30.5 Å². The van der Waals surface area contributed by atoms with Gasteiger partial charge in [0.1, 0.15) is 5.75 Å². The third-order valence-electron chi connectivity index (χ3n) is 2.63. The maximum absolute atomic E-state index is 8.85. The molecule has 0 amide bonds. The van der Waals surface area contributed by atoms with Crippen molar-refractivity contribution in [2.45, 2.75) is 19.4 Å². The number of benzene rings is 1. The molecule has 102 valence electrons. The summed E-state index contributed by atoms with van der Waals surface area (Å²) in [4.78, 5) is 4.25. The van der Waals surface area contributed by atoms with Crippen molar-refractivity contribution in [1.29, 1.82) is 0 Å². The van der Waals surface area contributed by atoms with Crippen LogP contribution in [-0.4, -0.2) is 28.5 Å². The number of hydrogen-bond acceptors (Lipinski definition) is 6. The zero-order chi connectivity index (χ0) is 13.7. The van der Waals surface area contributed by atoms with Crippen molar-refractivity contribution in [3.05, 3.63) is 30.2 Å². The van der Waals surface area contributed by atoms with Gasteiger partial charge in [-0.25, -0.2) is 0 Å². The molecule has 1 aromatic heterocycles. The molecule has 6 nitrogen and oxygen atoms in total. The third-order valence-corrected chi connectivity index (χ3v) is 2.63. The van der Waals surface area contributed by atoms with E-state index in [2.05, 4.69) is 10.1 Å². The lowest BCUT2D eigenvalue weighted by Gasteiger charge is -2.06. The summed E-state index contributed by atoms with van der Waals surface area (Å²) in [5.74, 6) is 1.45. The lowest BCUT2D eigenvalue weighted by Crippen LogP contribution is -2.12. The van der Waals surface area contributed by atoms with Gasteiger partial charge in [-0.15, -0.1) is 0 Å². The van der Waals surface area contributed by atoms with Crippen molar-refractivity contribution in [3.8, 4) is 17.1 Å². The van der Waals surface area contributed by atoms with E-state index in [-0.39, 0.29) is 6.61 Å². The van der Waals surface area contributed by atoms with Crippen LogP contribution in [0.25, 0.3) is 11.4 Å². The number of hydrogen-bond donors (Lipinski definition) is 2. The van der Waals surface area contributed by atoms with Crippen molar-refractivity contribution in [2.24, 2.45) is 5.73 Å². The van der Waals surface area contributed by atoms with E-state index in [4.69, 9.17) is 20.1 Å². The molecule has 1 heterocycles. The van der Waals surface area contributed by atoms with Gasteiger partial charge in [0.15, 0.2) is 0 Å². The minimum atomic E-state index is -0.453. The fourth-order valence-corrected chi connectivity index (χ4v) is 1.69. The number of rotatable bonds is 6. The lowest BCUT2D eigenvalue weighted by atomic mass is 10.2. The SMILES string of the molecule is CCOc1ccccc1-c1noc(C(N)CCO)n1. The Morgan fingerprint density at radius 3 is 2.95 bits per heavy atom. The Morgan fingerprint density at radius 2 is 2.21 bits per heavy atom. The zero-order valence-corrected chi connectivity index (χ0v) is 10.7. The zero-order valence-electron chi connectivity index (χ0n) is 10.7. The molecule has 0 aliphatic heterocycles. The predicted octanol–water partition coefficient (Wildman–Crippen LogP) is 1.52. The van der Waals surface area contributed by atoms with Crippen molar-refractivity contribution >= 4 is 0 Å². The van der Waals surface area contributed by atoms with Crippen LogP contribution in [0.4, 0.5) is 0 Å². The van der Waals surface area contributed by atoms with E-state index in [1.807, 2.05) is 31.2 Å². The average Bonchev–Trinajstić information content (AvgIpc) is 2.90. The molecule has 0 fully saturated rings. The van der Waals surface area contributed by atoms with Crippen LogP contribution in [-0.2, 0) is 0 Å². The van der Waals surface area contributed by atoms with Gasteiger partial charge in [-0.05, 0) is 25.5 Å². The van der Waals surface area contributed by atoms with Gasteiger partial charge >= 0.3 is 0 Å².